The molecule has 2 aliphatic rings. The molecule has 5 rings (SSSR count). The maximum absolute atomic E-state index is 6.00. The molecule has 0 saturated carbocycles. The molecule has 2 aliphatic heterocycles. The molecule has 2 N–H and O–H groups in total. The summed E-state index contributed by atoms with van der Waals surface area (Å²) in [4.78, 5) is 13.9. The van der Waals surface area contributed by atoms with Gasteiger partial charge in [-0.2, -0.15) is 9.97 Å². The number of nitrogens with one attached hydrogen (secondary N) is 2. The second-order valence-corrected chi connectivity index (χ2v) is 9.07. The molecule has 3 heterocycles. The lowest BCUT2D eigenvalue weighted by Crippen LogP contribution is -2.29. The molecule has 2 fully saturated rings. The van der Waals surface area contributed by atoms with E-state index in [1.165, 1.54) is 24.1 Å². The molecule has 0 amide bonds. The molecule has 0 spiro atoms. The van der Waals surface area contributed by atoms with Gasteiger partial charge in [0.15, 0.2) is 5.11 Å². The fourth-order valence-corrected chi connectivity index (χ4v) is 4.53. The lowest BCUT2D eigenvalue weighted by Gasteiger charge is -2.19. The smallest absolute Gasteiger partial charge is 0.234 e. The van der Waals surface area contributed by atoms with Gasteiger partial charge in [-0.3, -0.25) is 0 Å². The minimum atomic E-state index is 0.428. The number of rotatable bonds is 7. The highest BCUT2D eigenvalue weighted by atomic mass is 32.1. The van der Waals surface area contributed by atoms with Crippen molar-refractivity contribution in [1.82, 2.24) is 15.3 Å². The van der Waals surface area contributed by atoms with E-state index in [1.54, 1.807) is 0 Å². The quantitative estimate of drug-likeness (QED) is 0.466. The fraction of sp³-hybridized carbons (Fsp3) is 0.346. The van der Waals surface area contributed by atoms with Crippen molar-refractivity contribution in [1.29, 1.82) is 0 Å². The summed E-state index contributed by atoms with van der Waals surface area (Å²) in [6.07, 6.45) is 4.89. The third-order valence-electron chi connectivity index (χ3n) is 6.17. The van der Waals surface area contributed by atoms with Crippen molar-refractivity contribution in [3.63, 3.8) is 0 Å². The standard InChI is InChI=1S/C26H30N6OS/c34-26(27-19-20-10-12-21(13-11-20)31-14-4-5-15-31)30-25-28-23(32-16-6-7-17-32)18-24(29-25)33-22-8-2-1-3-9-22/h1-3,8-13,18H,4-7,14-17,19H2,(H2,27,28,29,30,34). The van der Waals surface area contributed by atoms with Gasteiger partial charge in [0, 0.05) is 44.5 Å². The normalized spacial score (nSPS) is 15.4. The second kappa shape index (κ2) is 10.7. The van der Waals surface area contributed by atoms with Crippen LogP contribution in [0.2, 0.25) is 0 Å². The highest BCUT2D eigenvalue weighted by Crippen LogP contribution is 2.27. The Hall–Kier alpha value is -3.39. The molecule has 0 bridgehead atoms. The zero-order chi connectivity index (χ0) is 23.2. The molecular weight excluding hydrogens is 444 g/mol. The fourth-order valence-electron chi connectivity index (χ4n) is 4.37. The Kier molecular flexibility index (Phi) is 7.05. The van der Waals surface area contributed by atoms with E-state index in [9.17, 15) is 0 Å². The van der Waals surface area contributed by atoms with Gasteiger partial charge in [-0.15, -0.1) is 0 Å². The van der Waals surface area contributed by atoms with Gasteiger partial charge < -0.3 is 25.2 Å². The van der Waals surface area contributed by atoms with Crippen molar-refractivity contribution in [2.45, 2.75) is 32.2 Å². The van der Waals surface area contributed by atoms with Crippen LogP contribution in [0.15, 0.2) is 60.7 Å². The first-order valence-electron chi connectivity index (χ1n) is 12.0. The van der Waals surface area contributed by atoms with Crippen molar-refractivity contribution in [3.8, 4) is 11.6 Å². The van der Waals surface area contributed by atoms with Crippen molar-refractivity contribution in [2.24, 2.45) is 0 Å². The SMILES string of the molecule is S=C(NCc1ccc(N2CCCC2)cc1)Nc1nc(Oc2ccccc2)cc(N2CCCC2)n1. The van der Waals surface area contributed by atoms with Crippen LogP contribution in [-0.4, -0.2) is 41.3 Å². The van der Waals surface area contributed by atoms with Gasteiger partial charge in [0.25, 0.3) is 0 Å². The first kappa shape index (κ1) is 22.4. The van der Waals surface area contributed by atoms with Crippen molar-refractivity contribution in [2.75, 3.05) is 41.3 Å². The van der Waals surface area contributed by atoms with Gasteiger partial charge in [0.05, 0.1) is 0 Å². The average molecular weight is 475 g/mol. The molecule has 8 heteroatoms. The molecule has 0 unspecified atom stereocenters. The van der Waals surface area contributed by atoms with E-state index in [-0.39, 0.29) is 0 Å². The predicted octanol–water partition coefficient (Wildman–Crippen LogP) is 4.96. The number of nitrogens with zero attached hydrogens (tertiary/aromatic N) is 4. The van der Waals surface area contributed by atoms with Gasteiger partial charge in [0.1, 0.15) is 11.6 Å². The first-order chi connectivity index (χ1) is 16.7. The lowest BCUT2D eigenvalue weighted by atomic mass is 10.2. The van der Waals surface area contributed by atoms with E-state index in [4.69, 9.17) is 21.9 Å². The third kappa shape index (κ3) is 5.75. The van der Waals surface area contributed by atoms with E-state index in [2.05, 4.69) is 49.7 Å². The van der Waals surface area contributed by atoms with E-state index >= 15 is 0 Å². The number of para-hydroxylation sites is 1. The Morgan fingerprint density at radius 3 is 2.24 bits per heavy atom. The Balaban J connectivity index is 1.23. The van der Waals surface area contributed by atoms with Crippen molar-refractivity contribution in [3.05, 3.63) is 66.2 Å². The predicted molar refractivity (Wildman–Crippen MR) is 141 cm³/mol. The number of aromatic nitrogens is 2. The second-order valence-electron chi connectivity index (χ2n) is 8.67. The summed E-state index contributed by atoms with van der Waals surface area (Å²) in [6.45, 7) is 4.90. The van der Waals surface area contributed by atoms with Crippen LogP contribution in [0.4, 0.5) is 17.5 Å². The van der Waals surface area contributed by atoms with Crippen LogP contribution < -0.4 is 25.2 Å². The summed E-state index contributed by atoms with van der Waals surface area (Å²) in [7, 11) is 0. The Labute approximate surface area is 206 Å². The molecule has 0 atom stereocenters. The number of thiocarbonyl (C=S) groups is 1. The average Bonchev–Trinajstić information content (AvgIpc) is 3.59. The van der Waals surface area contributed by atoms with Crippen LogP contribution in [0.25, 0.3) is 0 Å². The van der Waals surface area contributed by atoms with Gasteiger partial charge in [-0.05, 0) is 67.7 Å². The molecule has 0 aliphatic carbocycles. The molecule has 2 saturated heterocycles. The lowest BCUT2D eigenvalue weighted by molar-refractivity contribution is 0.462. The van der Waals surface area contributed by atoms with Crippen LogP contribution >= 0.6 is 12.2 Å². The summed E-state index contributed by atoms with van der Waals surface area (Å²) in [6, 6.07) is 20.2. The molecule has 176 valence electrons. The maximum atomic E-state index is 6.00. The summed E-state index contributed by atoms with van der Waals surface area (Å²) in [5.41, 5.74) is 2.46. The van der Waals surface area contributed by atoms with Gasteiger partial charge in [-0.1, -0.05) is 30.3 Å². The van der Waals surface area contributed by atoms with Crippen LogP contribution in [0, 0.1) is 0 Å². The molecule has 34 heavy (non-hydrogen) atoms. The summed E-state index contributed by atoms with van der Waals surface area (Å²) in [5.74, 6) is 2.50. The Morgan fingerprint density at radius 2 is 1.53 bits per heavy atom. The van der Waals surface area contributed by atoms with Crippen molar-refractivity contribution < 1.29 is 4.74 Å². The number of benzene rings is 2. The highest BCUT2D eigenvalue weighted by Gasteiger charge is 2.17. The number of hydrogen-bond donors (Lipinski definition) is 2. The Morgan fingerprint density at radius 1 is 0.853 bits per heavy atom. The largest absolute Gasteiger partial charge is 0.439 e. The summed E-state index contributed by atoms with van der Waals surface area (Å²) in [5, 5.41) is 6.89. The number of ether oxygens (including phenoxy) is 1. The third-order valence-corrected chi connectivity index (χ3v) is 6.42. The molecule has 0 radical (unpaired) electrons. The molecule has 3 aromatic rings. The van der Waals surface area contributed by atoms with Crippen LogP contribution in [0.3, 0.4) is 0 Å². The zero-order valence-electron chi connectivity index (χ0n) is 19.2. The zero-order valence-corrected chi connectivity index (χ0v) is 20.1. The monoisotopic (exact) mass is 474 g/mol. The summed E-state index contributed by atoms with van der Waals surface area (Å²) < 4.78 is 6.00. The van der Waals surface area contributed by atoms with Gasteiger partial charge >= 0.3 is 0 Å². The van der Waals surface area contributed by atoms with Gasteiger partial charge in [0.2, 0.25) is 11.8 Å². The maximum Gasteiger partial charge on any atom is 0.234 e. The highest BCUT2D eigenvalue weighted by molar-refractivity contribution is 7.80. The molecular formula is C26H30N6OS. The molecule has 1 aromatic heterocycles. The number of anilines is 3. The molecule has 2 aromatic carbocycles. The van der Waals surface area contributed by atoms with E-state index in [0.29, 0.717) is 23.5 Å². The van der Waals surface area contributed by atoms with Gasteiger partial charge in [-0.25, -0.2) is 0 Å². The van der Waals surface area contributed by atoms with Crippen molar-refractivity contribution >= 4 is 34.8 Å². The van der Waals surface area contributed by atoms with E-state index < -0.39 is 0 Å². The van der Waals surface area contributed by atoms with E-state index in [0.717, 1.165) is 50.6 Å². The number of hydrogen-bond acceptors (Lipinski definition) is 6. The minimum absolute atomic E-state index is 0.428. The molecule has 7 nitrogen and oxygen atoms in total. The van der Waals surface area contributed by atoms with E-state index in [1.807, 2.05) is 36.4 Å². The minimum Gasteiger partial charge on any atom is -0.439 e. The topological polar surface area (TPSA) is 65.6 Å². The first-order valence-corrected chi connectivity index (χ1v) is 12.4. The summed E-state index contributed by atoms with van der Waals surface area (Å²) >= 11 is 5.53. The van der Waals surface area contributed by atoms with Crippen LogP contribution in [0.5, 0.6) is 11.6 Å². The Bertz CT molecular complexity index is 1100. The van der Waals surface area contributed by atoms with Crippen LogP contribution in [-0.2, 0) is 6.54 Å². The van der Waals surface area contributed by atoms with Crippen LogP contribution in [0.1, 0.15) is 31.2 Å².